The Bertz CT molecular complexity index is 704. The first-order valence-electron chi connectivity index (χ1n) is 5.97. The minimum Gasteiger partial charge on any atom is -0.489 e. The van der Waals surface area contributed by atoms with E-state index in [0.717, 1.165) is 6.07 Å². The van der Waals surface area contributed by atoms with Crippen LogP contribution in [0.2, 0.25) is 0 Å². The number of nitro benzene ring substituents is 1. The fourth-order valence-electron chi connectivity index (χ4n) is 1.68. The maximum Gasteiger partial charge on any atom is 0.273 e. The molecular weight excluding hydrogens is 277 g/mol. The Labute approximate surface area is 119 Å². The third-order valence-electron chi connectivity index (χ3n) is 2.79. The van der Waals surface area contributed by atoms with Crippen molar-refractivity contribution in [1.82, 2.24) is 0 Å². The van der Waals surface area contributed by atoms with Gasteiger partial charge in [-0.2, -0.15) is 0 Å². The van der Waals surface area contributed by atoms with Crippen LogP contribution in [0.25, 0.3) is 0 Å². The summed E-state index contributed by atoms with van der Waals surface area (Å²) in [6.07, 6.45) is 0. The third-order valence-corrected chi connectivity index (χ3v) is 2.79. The van der Waals surface area contributed by atoms with Crippen molar-refractivity contribution in [3.8, 4) is 5.75 Å². The maximum absolute atomic E-state index is 13.8. The van der Waals surface area contributed by atoms with Crippen LogP contribution in [0.4, 0.5) is 10.1 Å². The second-order valence-electron chi connectivity index (χ2n) is 4.26. The van der Waals surface area contributed by atoms with Gasteiger partial charge in [0.1, 0.15) is 24.0 Å². The first-order chi connectivity index (χ1) is 9.97. The molecule has 0 spiro atoms. The molecule has 0 aromatic heterocycles. The zero-order valence-electron chi connectivity index (χ0n) is 10.9. The van der Waals surface area contributed by atoms with E-state index >= 15 is 0 Å². The van der Waals surface area contributed by atoms with Gasteiger partial charge in [-0.1, -0.05) is 18.2 Å². The van der Waals surface area contributed by atoms with E-state index in [-0.39, 0.29) is 35.0 Å². The molecule has 0 atom stereocenters. The molecule has 2 aromatic rings. The molecule has 7 heteroatoms. The SMILES string of the molecule is N=C(N)c1ccc(COc2cccc([N+](=O)[O-])c2)c(F)c1. The van der Waals surface area contributed by atoms with Crippen LogP contribution in [0.15, 0.2) is 42.5 Å². The zero-order valence-corrected chi connectivity index (χ0v) is 10.9. The van der Waals surface area contributed by atoms with Gasteiger partial charge in [0, 0.05) is 17.2 Å². The molecule has 0 heterocycles. The highest BCUT2D eigenvalue weighted by molar-refractivity contribution is 5.94. The van der Waals surface area contributed by atoms with Crippen LogP contribution in [0.1, 0.15) is 11.1 Å². The Hall–Kier alpha value is -2.96. The molecule has 21 heavy (non-hydrogen) atoms. The number of halogens is 1. The molecule has 0 bridgehead atoms. The number of nitro groups is 1. The number of nitrogens with one attached hydrogen (secondary N) is 1. The van der Waals surface area contributed by atoms with Gasteiger partial charge in [0.25, 0.3) is 5.69 Å². The number of nitrogens with two attached hydrogens (primary N) is 1. The van der Waals surface area contributed by atoms with Crippen molar-refractivity contribution >= 4 is 11.5 Å². The number of benzene rings is 2. The number of rotatable bonds is 5. The Morgan fingerprint density at radius 1 is 1.33 bits per heavy atom. The molecule has 0 fully saturated rings. The van der Waals surface area contributed by atoms with Gasteiger partial charge in [-0.25, -0.2) is 4.39 Å². The molecule has 0 saturated heterocycles. The number of non-ortho nitro benzene ring substituents is 1. The Morgan fingerprint density at radius 2 is 2.10 bits per heavy atom. The first kappa shape index (κ1) is 14.4. The van der Waals surface area contributed by atoms with Crippen LogP contribution in [0.5, 0.6) is 5.75 Å². The lowest BCUT2D eigenvalue weighted by molar-refractivity contribution is -0.384. The average molecular weight is 289 g/mol. The van der Waals surface area contributed by atoms with Gasteiger partial charge in [0.2, 0.25) is 0 Å². The second kappa shape index (κ2) is 6.00. The largest absolute Gasteiger partial charge is 0.489 e. The van der Waals surface area contributed by atoms with E-state index in [9.17, 15) is 14.5 Å². The smallest absolute Gasteiger partial charge is 0.273 e. The molecule has 0 amide bonds. The summed E-state index contributed by atoms with van der Waals surface area (Å²) in [4.78, 5) is 10.1. The number of nitrogen functional groups attached to an aromatic ring is 1. The minimum absolute atomic E-state index is 0.0782. The highest BCUT2D eigenvalue weighted by Crippen LogP contribution is 2.21. The van der Waals surface area contributed by atoms with Gasteiger partial charge in [0.15, 0.2) is 0 Å². The summed E-state index contributed by atoms with van der Waals surface area (Å²) >= 11 is 0. The van der Waals surface area contributed by atoms with Crippen LogP contribution in [0.3, 0.4) is 0 Å². The van der Waals surface area contributed by atoms with Gasteiger partial charge in [-0.15, -0.1) is 0 Å². The normalized spacial score (nSPS) is 10.1. The fraction of sp³-hybridized carbons (Fsp3) is 0.0714. The molecule has 2 aromatic carbocycles. The fourth-order valence-corrected chi connectivity index (χ4v) is 1.68. The van der Waals surface area contributed by atoms with E-state index in [1.54, 1.807) is 6.07 Å². The van der Waals surface area contributed by atoms with E-state index < -0.39 is 10.7 Å². The highest BCUT2D eigenvalue weighted by Gasteiger charge is 2.09. The predicted molar refractivity (Wildman–Crippen MR) is 74.8 cm³/mol. The second-order valence-corrected chi connectivity index (χ2v) is 4.26. The van der Waals surface area contributed by atoms with Gasteiger partial charge >= 0.3 is 0 Å². The van der Waals surface area contributed by atoms with Gasteiger partial charge in [0.05, 0.1) is 11.0 Å². The van der Waals surface area contributed by atoms with Crippen LogP contribution in [-0.4, -0.2) is 10.8 Å². The molecule has 3 N–H and O–H groups in total. The average Bonchev–Trinajstić information content (AvgIpc) is 2.46. The van der Waals surface area contributed by atoms with E-state index in [4.69, 9.17) is 15.9 Å². The molecule has 0 unspecified atom stereocenters. The van der Waals surface area contributed by atoms with Crippen molar-refractivity contribution in [3.63, 3.8) is 0 Å². The minimum atomic E-state index is -0.548. The van der Waals surface area contributed by atoms with Crippen molar-refractivity contribution in [2.75, 3.05) is 0 Å². The number of ether oxygens (including phenoxy) is 1. The first-order valence-corrected chi connectivity index (χ1v) is 5.97. The molecule has 0 aliphatic heterocycles. The van der Waals surface area contributed by atoms with Crippen molar-refractivity contribution in [2.24, 2.45) is 5.73 Å². The lowest BCUT2D eigenvalue weighted by Crippen LogP contribution is -2.12. The highest BCUT2D eigenvalue weighted by atomic mass is 19.1. The Morgan fingerprint density at radius 3 is 2.71 bits per heavy atom. The van der Waals surface area contributed by atoms with Crippen molar-refractivity contribution in [3.05, 3.63) is 69.5 Å². The van der Waals surface area contributed by atoms with Gasteiger partial charge < -0.3 is 10.5 Å². The summed E-state index contributed by atoms with van der Waals surface area (Å²) in [5.41, 5.74) is 5.72. The van der Waals surface area contributed by atoms with Gasteiger partial charge in [-0.05, 0) is 12.1 Å². The molecule has 0 aliphatic carbocycles. The summed E-state index contributed by atoms with van der Waals surface area (Å²) in [5, 5.41) is 17.9. The summed E-state index contributed by atoms with van der Waals surface area (Å²) in [5.74, 6) is -0.493. The van der Waals surface area contributed by atoms with Crippen LogP contribution >= 0.6 is 0 Å². The van der Waals surface area contributed by atoms with Crippen molar-refractivity contribution in [1.29, 1.82) is 5.41 Å². The monoisotopic (exact) mass is 289 g/mol. The van der Waals surface area contributed by atoms with Crippen LogP contribution in [0, 0.1) is 21.3 Å². The molecular formula is C14H12FN3O3. The summed E-state index contributed by atoms with van der Waals surface area (Å²) in [7, 11) is 0. The lowest BCUT2D eigenvalue weighted by atomic mass is 10.1. The molecule has 0 saturated carbocycles. The van der Waals surface area contributed by atoms with E-state index in [1.165, 1.54) is 30.3 Å². The van der Waals surface area contributed by atoms with Crippen molar-refractivity contribution in [2.45, 2.75) is 6.61 Å². The number of hydrogen-bond acceptors (Lipinski definition) is 4. The molecule has 0 radical (unpaired) electrons. The van der Waals surface area contributed by atoms with Crippen molar-refractivity contribution < 1.29 is 14.1 Å². The molecule has 6 nitrogen and oxygen atoms in total. The van der Waals surface area contributed by atoms with E-state index in [1.807, 2.05) is 0 Å². The Kier molecular flexibility index (Phi) is 4.13. The lowest BCUT2D eigenvalue weighted by Gasteiger charge is -2.08. The summed E-state index contributed by atoms with van der Waals surface area (Å²) in [6.45, 7) is -0.0782. The Balaban J connectivity index is 2.11. The molecule has 0 aliphatic rings. The van der Waals surface area contributed by atoms with E-state index in [2.05, 4.69) is 0 Å². The van der Waals surface area contributed by atoms with Crippen LogP contribution < -0.4 is 10.5 Å². The summed E-state index contributed by atoms with van der Waals surface area (Å²) in [6, 6.07) is 9.77. The predicted octanol–water partition coefficient (Wildman–Crippen LogP) is 2.60. The third kappa shape index (κ3) is 3.53. The van der Waals surface area contributed by atoms with Crippen LogP contribution in [-0.2, 0) is 6.61 Å². The van der Waals surface area contributed by atoms with Gasteiger partial charge in [-0.3, -0.25) is 15.5 Å². The number of amidine groups is 1. The van der Waals surface area contributed by atoms with E-state index in [0.29, 0.717) is 0 Å². The molecule has 2 rings (SSSR count). The zero-order chi connectivity index (χ0) is 15.4. The maximum atomic E-state index is 13.8. The standard InChI is InChI=1S/C14H12FN3O3/c15-13-6-9(14(16)17)4-5-10(13)8-21-12-3-1-2-11(7-12)18(19)20/h1-7H,8H2,(H3,16,17). The number of hydrogen-bond donors (Lipinski definition) is 2. The molecule has 108 valence electrons. The topological polar surface area (TPSA) is 102 Å². The number of nitrogens with zero attached hydrogens (tertiary/aromatic N) is 1. The summed E-state index contributed by atoms with van der Waals surface area (Å²) < 4.78 is 19.1. The quantitative estimate of drug-likeness (QED) is 0.382.